The molecule has 0 atom stereocenters. The van der Waals surface area contributed by atoms with Gasteiger partial charge in [0.1, 0.15) is 0 Å². The molecular formula is C18H27N3O2. The molecule has 1 saturated heterocycles. The van der Waals surface area contributed by atoms with Crippen molar-refractivity contribution in [1.82, 2.24) is 9.80 Å². The molecule has 1 aromatic rings. The summed E-state index contributed by atoms with van der Waals surface area (Å²) in [5, 5.41) is 3.08. The van der Waals surface area contributed by atoms with E-state index in [1.807, 2.05) is 19.1 Å². The average Bonchev–Trinajstić information content (AvgIpc) is 2.48. The van der Waals surface area contributed by atoms with Crippen molar-refractivity contribution in [2.45, 2.75) is 40.0 Å². The molecule has 1 fully saturated rings. The number of amides is 3. The van der Waals surface area contributed by atoms with Gasteiger partial charge in [0.25, 0.3) is 0 Å². The number of para-hydroxylation sites is 1. The number of nitrogens with one attached hydrogen (secondary N) is 1. The van der Waals surface area contributed by atoms with Gasteiger partial charge in [0.2, 0.25) is 5.91 Å². The lowest BCUT2D eigenvalue weighted by molar-refractivity contribution is -0.130. The van der Waals surface area contributed by atoms with E-state index >= 15 is 0 Å². The first-order valence-electron chi connectivity index (χ1n) is 8.11. The van der Waals surface area contributed by atoms with Crippen LogP contribution >= 0.6 is 0 Å². The molecule has 5 heteroatoms. The molecule has 126 valence electrons. The number of rotatable bonds is 1. The first kappa shape index (κ1) is 17.3. The summed E-state index contributed by atoms with van der Waals surface area (Å²) in [5.74, 6) is 0.0685. The monoisotopic (exact) mass is 317 g/mol. The normalized spacial score (nSPS) is 15.5. The van der Waals surface area contributed by atoms with E-state index < -0.39 is 0 Å². The summed E-state index contributed by atoms with van der Waals surface area (Å²) in [4.78, 5) is 27.5. The number of hydrogen-bond acceptors (Lipinski definition) is 2. The molecule has 0 saturated carbocycles. The fourth-order valence-corrected chi connectivity index (χ4v) is 2.87. The Balaban J connectivity index is 2.11. The molecule has 5 nitrogen and oxygen atoms in total. The lowest BCUT2D eigenvalue weighted by Crippen LogP contribution is -2.51. The topological polar surface area (TPSA) is 52.7 Å². The Morgan fingerprint density at radius 1 is 1.04 bits per heavy atom. The minimum atomic E-state index is -0.0898. The number of carbonyl (C=O) groups is 2. The number of piperazine rings is 1. The maximum absolute atomic E-state index is 12.6. The SMILES string of the molecule is CC(=O)N1CCN(C(=O)Nc2c(C)cccc2C(C)(C)C)CC1. The Hall–Kier alpha value is -2.04. The maximum atomic E-state index is 12.6. The minimum absolute atomic E-state index is 0.0397. The van der Waals surface area contributed by atoms with Gasteiger partial charge in [0.05, 0.1) is 0 Å². The van der Waals surface area contributed by atoms with E-state index in [4.69, 9.17) is 0 Å². The van der Waals surface area contributed by atoms with Crippen LogP contribution in [0.5, 0.6) is 0 Å². The van der Waals surface area contributed by atoms with Crippen LogP contribution in [0.1, 0.15) is 38.8 Å². The molecule has 23 heavy (non-hydrogen) atoms. The third kappa shape index (κ3) is 4.03. The third-order valence-corrected chi connectivity index (χ3v) is 4.32. The van der Waals surface area contributed by atoms with Crippen molar-refractivity contribution in [3.63, 3.8) is 0 Å². The van der Waals surface area contributed by atoms with Gasteiger partial charge in [-0.2, -0.15) is 0 Å². The molecule has 1 N–H and O–H groups in total. The van der Waals surface area contributed by atoms with Crippen LogP contribution in [0.4, 0.5) is 10.5 Å². The summed E-state index contributed by atoms with van der Waals surface area (Å²) in [7, 11) is 0. The van der Waals surface area contributed by atoms with Gasteiger partial charge in [-0.25, -0.2) is 4.79 Å². The zero-order valence-corrected chi connectivity index (χ0v) is 14.8. The predicted octanol–water partition coefficient (Wildman–Crippen LogP) is 2.99. The summed E-state index contributed by atoms with van der Waals surface area (Å²) in [6.45, 7) is 12.3. The summed E-state index contributed by atoms with van der Waals surface area (Å²) in [5.41, 5.74) is 3.06. The Kier molecular flexibility index (Phi) is 4.97. The summed E-state index contributed by atoms with van der Waals surface area (Å²) in [6, 6.07) is 6.01. The second-order valence-electron chi connectivity index (χ2n) is 7.17. The van der Waals surface area contributed by atoms with Crippen LogP contribution in [0, 0.1) is 6.92 Å². The number of nitrogens with zero attached hydrogens (tertiary/aromatic N) is 2. The predicted molar refractivity (Wildman–Crippen MR) is 92.7 cm³/mol. The van der Waals surface area contributed by atoms with Gasteiger partial charge in [-0.3, -0.25) is 4.79 Å². The Labute approximate surface area is 138 Å². The van der Waals surface area contributed by atoms with Crippen molar-refractivity contribution in [2.24, 2.45) is 0 Å². The molecule has 0 aliphatic carbocycles. The van der Waals surface area contributed by atoms with Gasteiger partial charge in [0.15, 0.2) is 0 Å². The molecule has 1 aromatic carbocycles. The molecule has 3 amide bonds. The van der Waals surface area contributed by atoms with Gasteiger partial charge in [-0.1, -0.05) is 39.0 Å². The zero-order valence-electron chi connectivity index (χ0n) is 14.8. The maximum Gasteiger partial charge on any atom is 0.321 e. The van der Waals surface area contributed by atoms with Crippen LogP contribution in [-0.4, -0.2) is 47.9 Å². The van der Waals surface area contributed by atoms with Gasteiger partial charge in [-0.15, -0.1) is 0 Å². The van der Waals surface area contributed by atoms with Crippen LogP contribution in [0.3, 0.4) is 0 Å². The number of benzene rings is 1. The van der Waals surface area contributed by atoms with Crippen molar-refractivity contribution < 1.29 is 9.59 Å². The summed E-state index contributed by atoms with van der Waals surface area (Å²) in [6.07, 6.45) is 0. The van der Waals surface area contributed by atoms with E-state index in [0.717, 1.165) is 16.8 Å². The number of aryl methyl sites for hydroxylation is 1. The van der Waals surface area contributed by atoms with Crippen LogP contribution in [-0.2, 0) is 10.2 Å². The standard InChI is InChI=1S/C18H27N3O2/c1-13-7-6-8-15(18(3,4)5)16(13)19-17(23)21-11-9-20(10-12-21)14(2)22/h6-8H,9-12H2,1-5H3,(H,19,23). The van der Waals surface area contributed by atoms with E-state index in [-0.39, 0.29) is 17.4 Å². The van der Waals surface area contributed by atoms with E-state index in [1.54, 1.807) is 16.7 Å². The number of urea groups is 1. The Morgan fingerprint density at radius 3 is 2.13 bits per heavy atom. The van der Waals surface area contributed by atoms with Gasteiger partial charge < -0.3 is 15.1 Å². The molecule has 1 heterocycles. The molecule has 1 aliphatic rings. The van der Waals surface area contributed by atoms with Crippen molar-refractivity contribution in [2.75, 3.05) is 31.5 Å². The van der Waals surface area contributed by atoms with Crippen molar-refractivity contribution in [3.8, 4) is 0 Å². The van der Waals surface area contributed by atoms with Crippen LogP contribution in [0.25, 0.3) is 0 Å². The van der Waals surface area contributed by atoms with Crippen molar-refractivity contribution in [3.05, 3.63) is 29.3 Å². The average molecular weight is 317 g/mol. The number of anilines is 1. The van der Waals surface area contributed by atoms with Gasteiger partial charge in [0, 0.05) is 38.8 Å². The number of carbonyl (C=O) groups excluding carboxylic acids is 2. The lowest BCUT2D eigenvalue weighted by Gasteiger charge is -2.34. The third-order valence-electron chi connectivity index (χ3n) is 4.32. The molecule has 0 bridgehead atoms. The van der Waals surface area contributed by atoms with E-state index in [2.05, 4.69) is 32.2 Å². The Bertz CT molecular complexity index is 597. The smallest absolute Gasteiger partial charge is 0.321 e. The first-order chi connectivity index (χ1) is 10.7. The fourth-order valence-electron chi connectivity index (χ4n) is 2.87. The van der Waals surface area contributed by atoms with Crippen LogP contribution < -0.4 is 5.32 Å². The second-order valence-corrected chi connectivity index (χ2v) is 7.17. The highest BCUT2D eigenvalue weighted by Gasteiger charge is 2.25. The molecule has 0 spiro atoms. The highest BCUT2D eigenvalue weighted by atomic mass is 16.2. The molecule has 0 aromatic heterocycles. The molecule has 0 unspecified atom stereocenters. The summed E-state index contributed by atoms with van der Waals surface area (Å²) >= 11 is 0. The highest BCUT2D eigenvalue weighted by Crippen LogP contribution is 2.32. The molecule has 0 radical (unpaired) electrons. The second kappa shape index (κ2) is 6.60. The summed E-state index contributed by atoms with van der Waals surface area (Å²) < 4.78 is 0. The lowest BCUT2D eigenvalue weighted by atomic mass is 9.84. The van der Waals surface area contributed by atoms with Gasteiger partial charge in [-0.05, 0) is 23.5 Å². The van der Waals surface area contributed by atoms with Crippen LogP contribution in [0.2, 0.25) is 0 Å². The fraction of sp³-hybridized carbons (Fsp3) is 0.556. The highest BCUT2D eigenvalue weighted by molar-refractivity contribution is 5.91. The quantitative estimate of drug-likeness (QED) is 0.865. The zero-order chi connectivity index (χ0) is 17.2. The van der Waals surface area contributed by atoms with E-state index in [1.165, 1.54) is 0 Å². The van der Waals surface area contributed by atoms with Crippen molar-refractivity contribution in [1.29, 1.82) is 0 Å². The van der Waals surface area contributed by atoms with E-state index in [9.17, 15) is 9.59 Å². The first-order valence-corrected chi connectivity index (χ1v) is 8.11. The molecule has 1 aliphatic heterocycles. The number of hydrogen-bond donors (Lipinski definition) is 1. The molecular weight excluding hydrogens is 290 g/mol. The minimum Gasteiger partial charge on any atom is -0.339 e. The van der Waals surface area contributed by atoms with Crippen molar-refractivity contribution >= 4 is 17.6 Å². The Morgan fingerprint density at radius 2 is 1.61 bits per heavy atom. The molecule has 2 rings (SSSR count). The largest absolute Gasteiger partial charge is 0.339 e. The van der Waals surface area contributed by atoms with Crippen LogP contribution in [0.15, 0.2) is 18.2 Å². The van der Waals surface area contributed by atoms with Gasteiger partial charge >= 0.3 is 6.03 Å². The van der Waals surface area contributed by atoms with E-state index in [0.29, 0.717) is 26.2 Å².